The number of thioether (sulfide) groups is 1. The highest BCUT2D eigenvalue weighted by Crippen LogP contribution is 2.23. The molecule has 0 N–H and O–H groups in total. The fraction of sp³-hybridized carbons (Fsp3) is 0.111. The Morgan fingerprint density at radius 3 is 2.29 bits per heavy atom. The summed E-state index contributed by atoms with van der Waals surface area (Å²) in [4.78, 5) is 0. The molecule has 0 radical (unpaired) electrons. The number of hydrogen-bond acceptors (Lipinski definition) is 3. The van der Waals surface area contributed by atoms with Crippen LogP contribution in [0, 0.1) is 6.92 Å². The van der Waals surface area contributed by atoms with Crippen LogP contribution in [0.3, 0.4) is 0 Å². The van der Waals surface area contributed by atoms with Gasteiger partial charge in [0.05, 0.1) is 5.69 Å². The van der Waals surface area contributed by atoms with Crippen molar-refractivity contribution in [1.82, 2.24) is 10.2 Å². The van der Waals surface area contributed by atoms with Crippen LogP contribution in [0.5, 0.6) is 0 Å². The first-order chi connectivity index (χ1) is 10.3. The Bertz CT molecular complexity index is 709. The third-order valence-electron chi connectivity index (χ3n) is 3.35. The first-order valence-corrected chi connectivity index (χ1v) is 7.88. The van der Waals surface area contributed by atoms with Crippen molar-refractivity contribution >= 4 is 11.8 Å². The fourth-order valence-electron chi connectivity index (χ4n) is 2.08. The highest BCUT2D eigenvalue weighted by molar-refractivity contribution is 7.98. The lowest BCUT2D eigenvalue weighted by atomic mass is 10.1. The molecule has 3 rings (SSSR count). The molecule has 0 aliphatic carbocycles. The molecule has 0 spiro atoms. The normalized spacial score (nSPS) is 10.5. The molecule has 1 heterocycles. The van der Waals surface area contributed by atoms with Crippen molar-refractivity contribution in [2.45, 2.75) is 17.7 Å². The van der Waals surface area contributed by atoms with Crippen LogP contribution in [-0.4, -0.2) is 10.2 Å². The molecule has 0 saturated carbocycles. The largest absolute Gasteiger partial charge is 0.149 e. The SMILES string of the molecule is Cc1ccccc1CSc1ccc(-c2ccccc2)nn1. The Balaban J connectivity index is 1.69. The zero-order valence-corrected chi connectivity index (χ0v) is 12.7. The third-order valence-corrected chi connectivity index (χ3v) is 4.32. The standard InChI is InChI=1S/C18H16N2S/c1-14-7-5-6-10-16(14)13-21-18-12-11-17(19-20-18)15-8-3-2-4-9-15/h2-12H,13H2,1H3. The molecule has 0 fully saturated rings. The van der Waals surface area contributed by atoms with Crippen LogP contribution < -0.4 is 0 Å². The molecule has 0 amide bonds. The molecule has 0 aliphatic rings. The van der Waals surface area contributed by atoms with Gasteiger partial charge in [0.2, 0.25) is 0 Å². The van der Waals surface area contributed by atoms with Gasteiger partial charge in [0.25, 0.3) is 0 Å². The summed E-state index contributed by atoms with van der Waals surface area (Å²) in [5.74, 6) is 0.923. The summed E-state index contributed by atoms with van der Waals surface area (Å²) in [6, 6.07) is 22.6. The summed E-state index contributed by atoms with van der Waals surface area (Å²) >= 11 is 1.72. The molecule has 0 unspecified atom stereocenters. The van der Waals surface area contributed by atoms with Crippen molar-refractivity contribution in [3.8, 4) is 11.3 Å². The zero-order valence-electron chi connectivity index (χ0n) is 11.9. The van der Waals surface area contributed by atoms with Gasteiger partial charge < -0.3 is 0 Å². The third kappa shape index (κ3) is 3.50. The number of aromatic nitrogens is 2. The molecule has 0 atom stereocenters. The first-order valence-electron chi connectivity index (χ1n) is 6.89. The summed E-state index contributed by atoms with van der Waals surface area (Å²) in [5, 5.41) is 9.58. The second kappa shape index (κ2) is 6.55. The molecule has 0 bridgehead atoms. The Labute approximate surface area is 129 Å². The predicted octanol–water partition coefficient (Wildman–Crippen LogP) is 4.74. The van der Waals surface area contributed by atoms with Gasteiger partial charge in [-0.05, 0) is 30.2 Å². The van der Waals surface area contributed by atoms with Crippen LogP contribution in [0.15, 0.2) is 71.8 Å². The van der Waals surface area contributed by atoms with E-state index < -0.39 is 0 Å². The minimum atomic E-state index is 0.913. The lowest BCUT2D eigenvalue weighted by molar-refractivity contribution is 0.935. The second-order valence-corrected chi connectivity index (χ2v) is 5.83. The van der Waals surface area contributed by atoms with Crippen LogP contribution >= 0.6 is 11.8 Å². The summed E-state index contributed by atoms with van der Waals surface area (Å²) in [6.45, 7) is 2.14. The van der Waals surface area contributed by atoms with Gasteiger partial charge in [0, 0.05) is 11.3 Å². The molecule has 104 valence electrons. The smallest absolute Gasteiger partial charge is 0.119 e. The predicted molar refractivity (Wildman–Crippen MR) is 88.2 cm³/mol. The second-order valence-electron chi connectivity index (χ2n) is 4.84. The summed E-state index contributed by atoms with van der Waals surface area (Å²) in [7, 11) is 0. The van der Waals surface area contributed by atoms with E-state index in [1.165, 1.54) is 11.1 Å². The molecular formula is C18H16N2S. The highest BCUT2D eigenvalue weighted by atomic mass is 32.2. The van der Waals surface area contributed by atoms with E-state index in [-0.39, 0.29) is 0 Å². The maximum absolute atomic E-state index is 4.31. The van der Waals surface area contributed by atoms with E-state index in [9.17, 15) is 0 Å². The quantitative estimate of drug-likeness (QED) is 0.649. The number of benzene rings is 2. The number of hydrogen-bond donors (Lipinski definition) is 0. The molecule has 0 saturated heterocycles. The molecular weight excluding hydrogens is 276 g/mol. The minimum Gasteiger partial charge on any atom is -0.149 e. The van der Waals surface area contributed by atoms with Crippen LogP contribution in [0.1, 0.15) is 11.1 Å². The van der Waals surface area contributed by atoms with Crippen molar-refractivity contribution in [2.75, 3.05) is 0 Å². The number of rotatable bonds is 4. The van der Waals surface area contributed by atoms with Gasteiger partial charge in [-0.15, -0.1) is 10.2 Å². The molecule has 1 aromatic heterocycles. The van der Waals surface area contributed by atoms with Crippen LogP contribution in [0.4, 0.5) is 0 Å². The van der Waals surface area contributed by atoms with E-state index in [0.29, 0.717) is 0 Å². The summed E-state index contributed by atoms with van der Waals surface area (Å²) in [5.41, 5.74) is 4.67. The van der Waals surface area contributed by atoms with Gasteiger partial charge >= 0.3 is 0 Å². The molecule has 3 heteroatoms. The lowest BCUT2D eigenvalue weighted by Gasteiger charge is -2.05. The molecule has 3 aromatic rings. The van der Waals surface area contributed by atoms with Gasteiger partial charge in [0.15, 0.2) is 0 Å². The Hall–Kier alpha value is -2.13. The van der Waals surface area contributed by atoms with E-state index >= 15 is 0 Å². The maximum atomic E-state index is 4.31. The molecule has 2 nitrogen and oxygen atoms in total. The van der Waals surface area contributed by atoms with Crippen molar-refractivity contribution in [1.29, 1.82) is 0 Å². The van der Waals surface area contributed by atoms with Gasteiger partial charge in [-0.2, -0.15) is 0 Å². The van der Waals surface area contributed by atoms with Gasteiger partial charge in [-0.1, -0.05) is 66.4 Å². The molecule has 21 heavy (non-hydrogen) atoms. The van der Waals surface area contributed by atoms with Crippen molar-refractivity contribution < 1.29 is 0 Å². The number of nitrogens with zero attached hydrogens (tertiary/aromatic N) is 2. The maximum Gasteiger partial charge on any atom is 0.119 e. The summed E-state index contributed by atoms with van der Waals surface area (Å²) in [6.07, 6.45) is 0. The van der Waals surface area contributed by atoms with Crippen molar-refractivity contribution in [3.63, 3.8) is 0 Å². The Kier molecular flexibility index (Phi) is 4.31. The zero-order chi connectivity index (χ0) is 14.5. The van der Waals surface area contributed by atoms with Crippen molar-refractivity contribution in [3.05, 3.63) is 77.9 Å². The van der Waals surface area contributed by atoms with E-state index in [1.807, 2.05) is 42.5 Å². The fourth-order valence-corrected chi connectivity index (χ4v) is 2.97. The Morgan fingerprint density at radius 2 is 1.57 bits per heavy atom. The molecule has 2 aromatic carbocycles. The monoisotopic (exact) mass is 292 g/mol. The van der Waals surface area contributed by atoms with Gasteiger partial charge in [0.1, 0.15) is 5.03 Å². The topological polar surface area (TPSA) is 25.8 Å². The first kappa shape index (κ1) is 13.8. The Morgan fingerprint density at radius 1 is 0.810 bits per heavy atom. The van der Waals surface area contributed by atoms with Crippen molar-refractivity contribution in [2.24, 2.45) is 0 Å². The van der Waals surface area contributed by atoms with E-state index in [1.54, 1.807) is 11.8 Å². The minimum absolute atomic E-state index is 0.913. The van der Waals surface area contributed by atoms with Crippen LogP contribution in [0.25, 0.3) is 11.3 Å². The average Bonchev–Trinajstić information content (AvgIpc) is 2.55. The lowest BCUT2D eigenvalue weighted by Crippen LogP contribution is -1.91. The van der Waals surface area contributed by atoms with E-state index in [0.717, 1.165) is 22.0 Å². The van der Waals surface area contributed by atoms with Crippen LogP contribution in [-0.2, 0) is 5.75 Å². The van der Waals surface area contributed by atoms with Gasteiger partial charge in [-0.3, -0.25) is 0 Å². The van der Waals surface area contributed by atoms with E-state index in [4.69, 9.17) is 0 Å². The average molecular weight is 292 g/mol. The van der Waals surface area contributed by atoms with Crippen LogP contribution in [0.2, 0.25) is 0 Å². The number of aryl methyl sites for hydroxylation is 1. The van der Waals surface area contributed by atoms with Gasteiger partial charge in [-0.25, -0.2) is 0 Å². The molecule has 0 aliphatic heterocycles. The summed E-state index contributed by atoms with van der Waals surface area (Å²) < 4.78 is 0. The van der Waals surface area contributed by atoms with E-state index in [2.05, 4.69) is 41.4 Å². The highest BCUT2D eigenvalue weighted by Gasteiger charge is 2.03.